The zero-order valence-corrected chi connectivity index (χ0v) is 10.8. The van der Waals surface area contributed by atoms with Gasteiger partial charge in [0.25, 0.3) is 0 Å². The summed E-state index contributed by atoms with van der Waals surface area (Å²) in [7, 11) is 1.68. The second-order valence-electron chi connectivity index (χ2n) is 3.67. The third kappa shape index (κ3) is 4.04. The smallest absolute Gasteiger partial charge is 0.132 e. The summed E-state index contributed by atoms with van der Waals surface area (Å²) in [4.78, 5) is 1.14. The zero-order valence-electron chi connectivity index (χ0n) is 9.99. The van der Waals surface area contributed by atoms with Crippen LogP contribution >= 0.6 is 11.8 Å². The average Bonchev–Trinajstić information content (AvgIpc) is 2.28. The normalized spacial score (nSPS) is 12.5. The molecule has 2 N–H and O–H groups in total. The highest BCUT2D eigenvalue weighted by Crippen LogP contribution is 2.28. The largest absolute Gasteiger partial charge is 0.496 e. The first-order chi connectivity index (χ1) is 7.67. The van der Waals surface area contributed by atoms with Crippen LogP contribution in [0.2, 0.25) is 0 Å². The Balaban J connectivity index is 2.60. The molecule has 0 heterocycles. The molecule has 4 heteroatoms. The highest BCUT2D eigenvalue weighted by molar-refractivity contribution is 7.98. The summed E-state index contributed by atoms with van der Waals surface area (Å²) >= 11 is 1.67. The molecular formula is C12H19NO2S. The van der Waals surface area contributed by atoms with Gasteiger partial charge in [-0.3, -0.25) is 0 Å². The Morgan fingerprint density at radius 3 is 2.81 bits per heavy atom. The minimum absolute atomic E-state index is 0.313. The number of nitrogens with one attached hydrogen (secondary N) is 1. The third-order valence-electron chi connectivity index (χ3n) is 2.22. The van der Waals surface area contributed by atoms with Gasteiger partial charge in [0.2, 0.25) is 0 Å². The summed E-state index contributed by atoms with van der Waals surface area (Å²) in [6.45, 7) is 3.12. The first-order valence-corrected chi connectivity index (χ1v) is 6.49. The summed E-state index contributed by atoms with van der Waals surface area (Å²) in [5.41, 5.74) is 1.16. The second kappa shape index (κ2) is 6.78. The SMILES string of the molecule is COc1cc(CNC[C@H](C)O)ccc1SC. The third-order valence-corrected chi connectivity index (χ3v) is 2.99. The lowest BCUT2D eigenvalue weighted by molar-refractivity contribution is 0.191. The van der Waals surface area contributed by atoms with Crippen molar-refractivity contribution >= 4 is 11.8 Å². The van der Waals surface area contributed by atoms with Gasteiger partial charge in [0.1, 0.15) is 5.75 Å². The molecule has 3 nitrogen and oxygen atoms in total. The van der Waals surface area contributed by atoms with Crippen LogP contribution in [0.4, 0.5) is 0 Å². The lowest BCUT2D eigenvalue weighted by atomic mass is 10.2. The minimum Gasteiger partial charge on any atom is -0.496 e. The van der Waals surface area contributed by atoms with Crippen LogP contribution in [0.5, 0.6) is 5.75 Å². The van der Waals surface area contributed by atoms with Gasteiger partial charge in [-0.1, -0.05) is 6.07 Å². The molecule has 1 aromatic rings. The Kier molecular flexibility index (Phi) is 5.66. The predicted octanol–water partition coefficient (Wildman–Crippen LogP) is 1.89. The second-order valence-corrected chi connectivity index (χ2v) is 4.52. The summed E-state index contributed by atoms with van der Waals surface area (Å²) in [6.07, 6.45) is 1.72. The minimum atomic E-state index is -0.313. The van der Waals surface area contributed by atoms with E-state index < -0.39 is 0 Å². The van der Waals surface area contributed by atoms with Gasteiger partial charge < -0.3 is 15.2 Å². The first kappa shape index (κ1) is 13.4. The van der Waals surface area contributed by atoms with E-state index in [0.29, 0.717) is 6.54 Å². The summed E-state index contributed by atoms with van der Waals surface area (Å²) < 4.78 is 5.31. The van der Waals surface area contributed by atoms with Crippen molar-refractivity contribution in [1.29, 1.82) is 0 Å². The fourth-order valence-electron chi connectivity index (χ4n) is 1.42. The molecule has 0 aliphatic rings. The highest BCUT2D eigenvalue weighted by atomic mass is 32.2. The lowest BCUT2D eigenvalue weighted by Crippen LogP contribution is -2.23. The maximum Gasteiger partial charge on any atom is 0.132 e. The van der Waals surface area contributed by atoms with E-state index in [1.54, 1.807) is 25.8 Å². The molecule has 0 fully saturated rings. The highest BCUT2D eigenvalue weighted by Gasteiger charge is 2.03. The number of aliphatic hydroxyl groups excluding tert-OH is 1. The quantitative estimate of drug-likeness (QED) is 0.746. The maximum atomic E-state index is 9.12. The van der Waals surface area contributed by atoms with Gasteiger partial charge in [0, 0.05) is 18.0 Å². The van der Waals surface area contributed by atoms with Crippen molar-refractivity contribution < 1.29 is 9.84 Å². The van der Waals surface area contributed by atoms with Crippen molar-refractivity contribution in [3.8, 4) is 5.75 Å². The van der Waals surface area contributed by atoms with Crippen molar-refractivity contribution in [2.75, 3.05) is 19.9 Å². The molecular weight excluding hydrogens is 222 g/mol. The van der Waals surface area contributed by atoms with Crippen LogP contribution in [0.1, 0.15) is 12.5 Å². The van der Waals surface area contributed by atoms with Gasteiger partial charge in [-0.15, -0.1) is 11.8 Å². The van der Waals surface area contributed by atoms with E-state index in [9.17, 15) is 0 Å². The van der Waals surface area contributed by atoms with E-state index in [4.69, 9.17) is 9.84 Å². The zero-order chi connectivity index (χ0) is 12.0. The fourth-order valence-corrected chi connectivity index (χ4v) is 1.96. The van der Waals surface area contributed by atoms with E-state index >= 15 is 0 Å². The molecule has 90 valence electrons. The summed E-state index contributed by atoms with van der Waals surface area (Å²) in [6, 6.07) is 6.16. The van der Waals surface area contributed by atoms with Crippen molar-refractivity contribution in [3.05, 3.63) is 23.8 Å². The molecule has 0 saturated carbocycles. The number of thioether (sulfide) groups is 1. The predicted molar refractivity (Wildman–Crippen MR) is 68.2 cm³/mol. The Morgan fingerprint density at radius 1 is 1.50 bits per heavy atom. The molecule has 1 aromatic carbocycles. The molecule has 1 rings (SSSR count). The van der Waals surface area contributed by atoms with Crippen LogP contribution in [-0.2, 0) is 6.54 Å². The molecule has 16 heavy (non-hydrogen) atoms. The van der Waals surface area contributed by atoms with E-state index in [0.717, 1.165) is 22.8 Å². The van der Waals surface area contributed by atoms with Gasteiger partial charge in [-0.05, 0) is 30.9 Å². The molecule has 1 atom stereocenters. The molecule has 0 amide bonds. The molecule has 0 unspecified atom stereocenters. The lowest BCUT2D eigenvalue weighted by Gasteiger charge is -2.10. The number of hydrogen-bond acceptors (Lipinski definition) is 4. The topological polar surface area (TPSA) is 41.5 Å². The standard InChI is InChI=1S/C12H19NO2S/c1-9(14)7-13-8-10-4-5-12(16-3)11(6-10)15-2/h4-6,9,13-14H,7-8H2,1-3H3/t9-/m0/s1. The number of ether oxygens (including phenoxy) is 1. The van der Waals surface area contributed by atoms with Gasteiger partial charge in [-0.25, -0.2) is 0 Å². The van der Waals surface area contributed by atoms with Crippen molar-refractivity contribution in [2.24, 2.45) is 0 Å². The fraction of sp³-hybridized carbons (Fsp3) is 0.500. The number of rotatable bonds is 6. The molecule has 0 aliphatic heterocycles. The number of aliphatic hydroxyl groups is 1. The van der Waals surface area contributed by atoms with E-state index in [-0.39, 0.29) is 6.10 Å². The summed E-state index contributed by atoms with van der Waals surface area (Å²) in [5.74, 6) is 0.906. The van der Waals surface area contributed by atoms with E-state index in [1.165, 1.54) is 0 Å². The molecule has 0 bridgehead atoms. The van der Waals surface area contributed by atoms with Gasteiger partial charge in [0.05, 0.1) is 13.2 Å². The summed E-state index contributed by atoms with van der Waals surface area (Å²) in [5, 5.41) is 12.3. The monoisotopic (exact) mass is 241 g/mol. The first-order valence-electron chi connectivity index (χ1n) is 5.27. The van der Waals surface area contributed by atoms with E-state index in [2.05, 4.69) is 17.4 Å². The average molecular weight is 241 g/mol. The van der Waals surface area contributed by atoms with Gasteiger partial charge >= 0.3 is 0 Å². The molecule has 0 aromatic heterocycles. The maximum absolute atomic E-state index is 9.12. The van der Waals surface area contributed by atoms with Crippen LogP contribution in [0.15, 0.2) is 23.1 Å². The van der Waals surface area contributed by atoms with Crippen LogP contribution in [-0.4, -0.2) is 31.1 Å². The Hall–Kier alpha value is -0.710. The Morgan fingerprint density at radius 2 is 2.25 bits per heavy atom. The molecule has 0 spiro atoms. The van der Waals surface area contributed by atoms with Gasteiger partial charge in [-0.2, -0.15) is 0 Å². The number of methoxy groups -OCH3 is 1. The van der Waals surface area contributed by atoms with Crippen LogP contribution in [0, 0.1) is 0 Å². The van der Waals surface area contributed by atoms with Gasteiger partial charge in [0.15, 0.2) is 0 Å². The molecule has 0 aliphatic carbocycles. The van der Waals surface area contributed by atoms with Crippen molar-refractivity contribution in [1.82, 2.24) is 5.32 Å². The van der Waals surface area contributed by atoms with Crippen LogP contribution in [0.3, 0.4) is 0 Å². The molecule has 0 radical (unpaired) electrons. The van der Waals surface area contributed by atoms with Crippen molar-refractivity contribution in [3.63, 3.8) is 0 Å². The Labute approximate surface area is 101 Å². The van der Waals surface area contributed by atoms with Crippen LogP contribution < -0.4 is 10.1 Å². The Bertz CT molecular complexity index is 329. The number of benzene rings is 1. The number of hydrogen-bond donors (Lipinski definition) is 2. The van der Waals surface area contributed by atoms with Crippen molar-refractivity contribution in [2.45, 2.75) is 24.5 Å². The van der Waals surface area contributed by atoms with E-state index in [1.807, 2.05) is 12.3 Å². The molecule has 0 saturated heterocycles. The van der Waals surface area contributed by atoms with Crippen LogP contribution in [0.25, 0.3) is 0 Å².